The molecule has 1 saturated heterocycles. The first-order valence-corrected chi connectivity index (χ1v) is 9.17. The van der Waals surface area contributed by atoms with Crippen LogP contribution in [0, 0.1) is 5.92 Å². The lowest BCUT2D eigenvalue weighted by atomic mass is 9.97. The molecule has 138 valence electrons. The van der Waals surface area contributed by atoms with Crippen LogP contribution in [0.5, 0.6) is 5.75 Å². The van der Waals surface area contributed by atoms with Crippen LogP contribution in [0.1, 0.15) is 25.3 Å². The highest BCUT2D eigenvalue weighted by molar-refractivity contribution is 5.72. The van der Waals surface area contributed by atoms with Gasteiger partial charge in [-0.1, -0.05) is 12.1 Å². The first kappa shape index (κ1) is 18.4. The Morgan fingerprint density at radius 2 is 2.15 bits per heavy atom. The summed E-state index contributed by atoms with van der Waals surface area (Å²) < 4.78 is 10.5. The maximum Gasteiger partial charge on any atom is 0.310 e. The summed E-state index contributed by atoms with van der Waals surface area (Å²) in [5.41, 5.74) is 3.30. The van der Waals surface area contributed by atoms with Crippen LogP contribution in [0.2, 0.25) is 0 Å². The van der Waals surface area contributed by atoms with Gasteiger partial charge in [0.2, 0.25) is 0 Å². The molecule has 0 aliphatic carbocycles. The molecule has 0 amide bonds. The summed E-state index contributed by atoms with van der Waals surface area (Å²) in [4.78, 5) is 18.7. The molecule has 0 saturated carbocycles. The Bertz CT molecular complexity index is 748. The number of rotatable bonds is 6. The number of nitrogens with zero attached hydrogens (tertiary/aromatic N) is 2. The monoisotopic (exact) mass is 354 g/mol. The van der Waals surface area contributed by atoms with Gasteiger partial charge in [-0.05, 0) is 55.6 Å². The van der Waals surface area contributed by atoms with Crippen molar-refractivity contribution in [2.45, 2.75) is 26.3 Å². The number of carbonyl (C=O) groups excluding carboxylic acids is 1. The predicted molar refractivity (Wildman–Crippen MR) is 101 cm³/mol. The van der Waals surface area contributed by atoms with Gasteiger partial charge in [0.05, 0.1) is 19.6 Å². The van der Waals surface area contributed by atoms with Crippen molar-refractivity contribution in [1.29, 1.82) is 0 Å². The minimum atomic E-state index is -0.0690. The smallest absolute Gasteiger partial charge is 0.310 e. The minimum absolute atomic E-state index is 0.0155. The molecular formula is C21H26N2O3. The molecule has 5 heteroatoms. The maximum atomic E-state index is 12.0. The summed E-state index contributed by atoms with van der Waals surface area (Å²) in [5.74, 6) is 0.750. The zero-order chi connectivity index (χ0) is 18.4. The number of benzene rings is 1. The number of likely N-dealkylation sites (tertiary alicyclic amines) is 1. The van der Waals surface area contributed by atoms with E-state index in [0.717, 1.165) is 54.9 Å². The van der Waals surface area contributed by atoms with E-state index in [0.29, 0.717) is 6.61 Å². The zero-order valence-electron chi connectivity index (χ0n) is 15.5. The molecule has 1 atom stereocenters. The molecule has 1 aromatic carbocycles. The number of ether oxygens (including phenoxy) is 2. The van der Waals surface area contributed by atoms with Crippen molar-refractivity contribution < 1.29 is 14.3 Å². The molecule has 0 N–H and O–H groups in total. The topological polar surface area (TPSA) is 51.7 Å². The lowest BCUT2D eigenvalue weighted by molar-refractivity contribution is -0.150. The van der Waals surface area contributed by atoms with Gasteiger partial charge in [0.1, 0.15) is 5.75 Å². The van der Waals surface area contributed by atoms with Crippen LogP contribution >= 0.6 is 0 Å². The SMILES string of the molecule is CCOC(=O)[C@H]1CCCN(Cc2cncc(-c3cccc(OC)c3)c2)C1. The zero-order valence-corrected chi connectivity index (χ0v) is 15.5. The number of esters is 1. The Morgan fingerprint density at radius 3 is 2.96 bits per heavy atom. The number of piperidine rings is 1. The molecule has 0 radical (unpaired) electrons. The van der Waals surface area contributed by atoms with E-state index < -0.39 is 0 Å². The Morgan fingerprint density at radius 1 is 1.27 bits per heavy atom. The van der Waals surface area contributed by atoms with Crippen molar-refractivity contribution in [3.8, 4) is 16.9 Å². The number of pyridine rings is 1. The molecule has 0 bridgehead atoms. The van der Waals surface area contributed by atoms with Crippen molar-refractivity contribution in [3.05, 3.63) is 48.3 Å². The van der Waals surface area contributed by atoms with Gasteiger partial charge in [0, 0.05) is 31.0 Å². The van der Waals surface area contributed by atoms with Crippen molar-refractivity contribution in [1.82, 2.24) is 9.88 Å². The average molecular weight is 354 g/mol. The van der Waals surface area contributed by atoms with Crippen LogP contribution in [0.15, 0.2) is 42.7 Å². The normalized spacial score (nSPS) is 17.7. The molecule has 2 heterocycles. The van der Waals surface area contributed by atoms with E-state index in [4.69, 9.17) is 9.47 Å². The highest BCUT2D eigenvalue weighted by Gasteiger charge is 2.26. The number of aromatic nitrogens is 1. The third-order valence-electron chi connectivity index (χ3n) is 4.73. The van der Waals surface area contributed by atoms with E-state index in [1.165, 1.54) is 0 Å². The van der Waals surface area contributed by atoms with Crippen molar-refractivity contribution in [3.63, 3.8) is 0 Å². The van der Waals surface area contributed by atoms with Crippen LogP contribution in [0.25, 0.3) is 11.1 Å². The summed E-state index contributed by atoms with van der Waals surface area (Å²) in [7, 11) is 1.67. The Kier molecular flexibility index (Phi) is 6.23. The minimum Gasteiger partial charge on any atom is -0.497 e. The molecule has 0 unspecified atom stereocenters. The third-order valence-corrected chi connectivity index (χ3v) is 4.73. The van der Waals surface area contributed by atoms with Crippen molar-refractivity contribution in [2.24, 2.45) is 5.92 Å². The summed E-state index contributed by atoms with van der Waals surface area (Å²) in [5, 5.41) is 0. The van der Waals surface area contributed by atoms with E-state index in [1.54, 1.807) is 7.11 Å². The fourth-order valence-corrected chi connectivity index (χ4v) is 3.44. The molecule has 26 heavy (non-hydrogen) atoms. The molecule has 5 nitrogen and oxygen atoms in total. The second kappa shape index (κ2) is 8.81. The summed E-state index contributed by atoms with van der Waals surface area (Å²) >= 11 is 0. The average Bonchev–Trinajstić information content (AvgIpc) is 2.68. The Balaban J connectivity index is 1.69. The maximum absolute atomic E-state index is 12.0. The van der Waals surface area contributed by atoms with Gasteiger partial charge >= 0.3 is 5.97 Å². The number of hydrogen-bond acceptors (Lipinski definition) is 5. The largest absolute Gasteiger partial charge is 0.497 e. The molecular weight excluding hydrogens is 328 g/mol. The highest BCUT2D eigenvalue weighted by atomic mass is 16.5. The van der Waals surface area contributed by atoms with E-state index >= 15 is 0 Å². The van der Waals surface area contributed by atoms with Gasteiger partial charge in [0.25, 0.3) is 0 Å². The summed E-state index contributed by atoms with van der Waals surface area (Å²) in [6.07, 6.45) is 5.71. The lowest BCUT2D eigenvalue weighted by Crippen LogP contribution is -2.38. The first-order valence-electron chi connectivity index (χ1n) is 9.17. The van der Waals surface area contributed by atoms with Gasteiger partial charge in [-0.15, -0.1) is 0 Å². The van der Waals surface area contributed by atoms with E-state index in [2.05, 4.69) is 22.0 Å². The van der Waals surface area contributed by atoms with Crippen molar-refractivity contribution in [2.75, 3.05) is 26.8 Å². The summed E-state index contributed by atoms with van der Waals surface area (Å²) in [6, 6.07) is 10.1. The fourth-order valence-electron chi connectivity index (χ4n) is 3.44. The van der Waals surface area contributed by atoms with E-state index in [1.807, 2.05) is 37.5 Å². The Labute approximate surface area is 155 Å². The van der Waals surface area contributed by atoms with Gasteiger partial charge in [0.15, 0.2) is 0 Å². The molecule has 1 fully saturated rings. The van der Waals surface area contributed by atoms with Crippen LogP contribution < -0.4 is 4.74 Å². The number of hydrogen-bond donors (Lipinski definition) is 0. The quantitative estimate of drug-likeness (QED) is 0.743. The molecule has 2 aromatic rings. The second-order valence-corrected chi connectivity index (χ2v) is 6.64. The van der Waals surface area contributed by atoms with Crippen LogP contribution in [0.3, 0.4) is 0 Å². The summed E-state index contributed by atoms with van der Waals surface area (Å²) in [6.45, 7) is 4.85. The third kappa shape index (κ3) is 4.61. The van der Waals surface area contributed by atoms with Gasteiger partial charge < -0.3 is 9.47 Å². The Hall–Kier alpha value is -2.40. The fraction of sp³-hybridized carbons (Fsp3) is 0.429. The highest BCUT2D eigenvalue weighted by Crippen LogP contribution is 2.25. The number of methoxy groups -OCH3 is 1. The molecule has 3 rings (SSSR count). The van der Waals surface area contributed by atoms with E-state index in [-0.39, 0.29) is 11.9 Å². The lowest BCUT2D eigenvalue weighted by Gasteiger charge is -2.31. The molecule has 1 aliphatic rings. The van der Waals surface area contributed by atoms with Gasteiger partial charge in [-0.25, -0.2) is 0 Å². The number of carbonyl (C=O) groups is 1. The standard InChI is InChI=1S/C21H26N2O3/c1-3-26-21(24)18-7-5-9-23(15-18)14-16-10-19(13-22-12-16)17-6-4-8-20(11-17)25-2/h4,6,8,10-13,18H,3,5,7,9,14-15H2,1-2H3/t18-/m0/s1. The van der Waals surface area contributed by atoms with Crippen LogP contribution in [-0.4, -0.2) is 42.7 Å². The first-order chi connectivity index (χ1) is 12.7. The molecule has 0 spiro atoms. The van der Waals surface area contributed by atoms with Crippen LogP contribution in [-0.2, 0) is 16.1 Å². The second-order valence-electron chi connectivity index (χ2n) is 6.64. The van der Waals surface area contributed by atoms with Crippen LogP contribution in [0.4, 0.5) is 0 Å². The van der Waals surface area contributed by atoms with Crippen molar-refractivity contribution >= 4 is 5.97 Å². The van der Waals surface area contributed by atoms with E-state index in [9.17, 15) is 4.79 Å². The molecule has 1 aromatic heterocycles. The molecule has 1 aliphatic heterocycles. The van der Waals surface area contributed by atoms with Gasteiger partial charge in [-0.3, -0.25) is 14.7 Å². The van der Waals surface area contributed by atoms with Gasteiger partial charge in [-0.2, -0.15) is 0 Å². The predicted octanol–water partition coefficient (Wildman–Crippen LogP) is 3.53.